The van der Waals surface area contributed by atoms with Crippen LogP contribution in [0.2, 0.25) is 0 Å². The number of nitrogens with zero attached hydrogens (tertiary/aromatic N) is 1. The average Bonchev–Trinajstić information content (AvgIpc) is 2.38. The Hall–Kier alpha value is -0.940. The van der Waals surface area contributed by atoms with Crippen molar-refractivity contribution in [2.24, 2.45) is 11.8 Å². The van der Waals surface area contributed by atoms with Crippen LogP contribution in [0.1, 0.15) is 12.8 Å². The summed E-state index contributed by atoms with van der Waals surface area (Å²) >= 11 is 2.06. The molecule has 2 heterocycles. The second kappa shape index (κ2) is 5.96. The summed E-state index contributed by atoms with van der Waals surface area (Å²) in [5.41, 5.74) is 2.55. The van der Waals surface area contributed by atoms with Gasteiger partial charge in [-0.05, 0) is 42.4 Å². The second-order valence-corrected chi connectivity index (χ2v) is 5.21. The van der Waals surface area contributed by atoms with Crippen molar-refractivity contribution in [3.63, 3.8) is 0 Å². The van der Waals surface area contributed by atoms with Crippen molar-refractivity contribution in [3.8, 4) is 0 Å². The molecular weight excluding hydrogens is 220 g/mol. The number of nitrogens with one attached hydrogen (secondary N) is 2. The van der Waals surface area contributed by atoms with E-state index in [9.17, 15) is 0 Å². The van der Waals surface area contributed by atoms with E-state index >= 15 is 0 Å². The molecule has 1 aromatic heterocycles. The van der Waals surface area contributed by atoms with Gasteiger partial charge in [-0.2, -0.15) is 11.8 Å². The van der Waals surface area contributed by atoms with Gasteiger partial charge in [0.15, 0.2) is 0 Å². The van der Waals surface area contributed by atoms with Crippen molar-refractivity contribution in [2.45, 2.75) is 12.8 Å². The van der Waals surface area contributed by atoms with E-state index in [1.165, 1.54) is 24.3 Å². The van der Waals surface area contributed by atoms with Crippen LogP contribution in [0.3, 0.4) is 0 Å². The Kier molecular flexibility index (Phi) is 4.30. The Morgan fingerprint density at radius 3 is 2.81 bits per heavy atom. The zero-order valence-corrected chi connectivity index (χ0v) is 10.1. The fourth-order valence-corrected chi connectivity index (χ4v) is 3.02. The van der Waals surface area contributed by atoms with Crippen molar-refractivity contribution in [3.05, 3.63) is 18.2 Å². The van der Waals surface area contributed by atoms with Crippen LogP contribution in [0.4, 0.5) is 11.6 Å². The lowest BCUT2D eigenvalue weighted by Crippen LogP contribution is -2.19. The van der Waals surface area contributed by atoms with Gasteiger partial charge in [0.1, 0.15) is 11.6 Å². The van der Waals surface area contributed by atoms with Gasteiger partial charge in [-0.1, -0.05) is 6.07 Å². The summed E-state index contributed by atoms with van der Waals surface area (Å²) in [7, 11) is 0. The zero-order valence-electron chi connectivity index (χ0n) is 9.28. The molecule has 1 aliphatic heterocycles. The quantitative estimate of drug-likeness (QED) is 0.552. The molecule has 0 unspecified atom stereocenters. The zero-order chi connectivity index (χ0) is 11.2. The van der Waals surface area contributed by atoms with E-state index in [0.717, 1.165) is 18.3 Å². The van der Waals surface area contributed by atoms with Crippen LogP contribution < -0.4 is 16.6 Å². The van der Waals surface area contributed by atoms with Gasteiger partial charge >= 0.3 is 0 Å². The molecule has 1 fully saturated rings. The molecule has 0 aliphatic carbocycles. The number of thioether (sulfide) groups is 1. The number of nitrogens with two attached hydrogens (primary N) is 1. The van der Waals surface area contributed by atoms with Crippen molar-refractivity contribution in [1.82, 2.24) is 4.98 Å². The second-order valence-electron chi connectivity index (χ2n) is 3.99. The number of nitrogen functional groups attached to an aromatic ring is 1. The third-order valence-electron chi connectivity index (χ3n) is 2.81. The van der Waals surface area contributed by atoms with Gasteiger partial charge in [0.2, 0.25) is 0 Å². The standard InChI is InChI=1S/C11H18N4S/c12-15-11-3-1-2-10(14-11)13-8-9-4-6-16-7-5-9/h1-3,9H,4-8,12H2,(H2,13,14,15). The Morgan fingerprint density at radius 2 is 2.06 bits per heavy atom. The minimum Gasteiger partial charge on any atom is -0.370 e. The highest BCUT2D eigenvalue weighted by molar-refractivity contribution is 7.99. The summed E-state index contributed by atoms with van der Waals surface area (Å²) in [5.74, 6) is 10.3. The SMILES string of the molecule is NNc1cccc(NCC2CCSCC2)n1. The van der Waals surface area contributed by atoms with E-state index < -0.39 is 0 Å². The molecule has 0 radical (unpaired) electrons. The van der Waals surface area contributed by atoms with E-state index in [1.807, 2.05) is 18.2 Å². The first-order chi connectivity index (χ1) is 7.88. The van der Waals surface area contributed by atoms with Gasteiger partial charge in [0.25, 0.3) is 0 Å². The Labute approximate surface area is 100 Å². The summed E-state index contributed by atoms with van der Waals surface area (Å²) in [4.78, 5) is 4.32. The van der Waals surface area contributed by atoms with E-state index in [2.05, 4.69) is 27.5 Å². The summed E-state index contributed by atoms with van der Waals surface area (Å²) < 4.78 is 0. The first-order valence-corrected chi connectivity index (χ1v) is 6.79. The third kappa shape index (κ3) is 3.28. The monoisotopic (exact) mass is 238 g/mol. The summed E-state index contributed by atoms with van der Waals surface area (Å²) in [6, 6.07) is 5.77. The summed E-state index contributed by atoms with van der Waals surface area (Å²) in [6.45, 7) is 1.02. The highest BCUT2D eigenvalue weighted by Gasteiger charge is 2.13. The highest BCUT2D eigenvalue weighted by Crippen LogP contribution is 2.22. The topological polar surface area (TPSA) is 63.0 Å². The predicted molar refractivity (Wildman–Crippen MR) is 70.6 cm³/mol. The molecule has 5 heteroatoms. The molecule has 0 atom stereocenters. The van der Waals surface area contributed by atoms with Gasteiger partial charge in [-0.3, -0.25) is 0 Å². The van der Waals surface area contributed by atoms with Gasteiger partial charge in [-0.25, -0.2) is 10.8 Å². The summed E-state index contributed by atoms with van der Waals surface area (Å²) in [5, 5.41) is 3.37. The molecule has 1 aliphatic rings. The van der Waals surface area contributed by atoms with Crippen LogP contribution in [0.25, 0.3) is 0 Å². The normalized spacial score (nSPS) is 17.1. The maximum atomic E-state index is 5.31. The van der Waals surface area contributed by atoms with E-state index in [0.29, 0.717) is 5.82 Å². The lowest BCUT2D eigenvalue weighted by atomic mass is 10.0. The fraction of sp³-hybridized carbons (Fsp3) is 0.545. The number of rotatable bonds is 4. The molecule has 0 aromatic carbocycles. The average molecular weight is 238 g/mol. The number of aromatic nitrogens is 1. The highest BCUT2D eigenvalue weighted by atomic mass is 32.2. The Balaban J connectivity index is 1.83. The maximum Gasteiger partial charge on any atom is 0.142 e. The largest absolute Gasteiger partial charge is 0.370 e. The number of anilines is 2. The maximum absolute atomic E-state index is 5.31. The third-order valence-corrected chi connectivity index (χ3v) is 3.86. The molecule has 0 saturated carbocycles. The first kappa shape index (κ1) is 11.5. The van der Waals surface area contributed by atoms with Gasteiger partial charge in [0, 0.05) is 6.54 Å². The van der Waals surface area contributed by atoms with Crippen LogP contribution in [-0.4, -0.2) is 23.0 Å². The fourth-order valence-electron chi connectivity index (χ4n) is 1.81. The molecule has 2 rings (SSSR count). The van der Waals surface area contributed by atoms with Gasteiger partial charge < -0.3 is 10.7 Å². The first-order valence-electron chi connectivity index (χ1n) is 5.64. The number of hydrogen-bond donors (Lipinski definition) is 3. The van der Waals surface area contributed by atoms with Gasteiger partial charge in [0.05, 0.1) is 0 Å². The molecule has 0 bridgehead atoms. The van der Waals surface area contributed by atoms with E-state index in [1.54, 1.807) is 0 Å². The molecule has 88 valence electrons. The molecule has 4 nitrogen and oxygen atoms in total. The van der Waals surface area contributed by atoms with Crippen LogP contribution >= 0.6 is 11.8 Å². The predicted octanol–water partition coefficient (Wildman–Crippen LogP) is 1.92. The van der Waals surface area contributed by atoms with Crippen LogP contribution in [0, 0.1) is 5.92 Å². The number of hydrazine groups is 1. The molecule has 0 spiro atoms. The van der Waals surface area contributed by atoms with Crippen LogP contribution in [-0.2, 0) is 0 Å². The Morgan fingerprint density at radius 1 is 1.31 bits per heavy atom. The molecule has 16 heavy (non-hydrogen) atoms. The van der Waals surface area contributed by atoms with E-state index in [4.69, 9.17) is 5.84 Å². The minimum absolute atomic E-state index is 0.698. The molecule has 1 saturated heterocycles. The van der Waals surface area contributed by atoms with Crippen molar-refractivity contribution in [1.29, 1.82) is 0 Å². The number of pyridine rings is 1. The van der Waals surface area contributed by atoms with Crippen LogP contribution in [0.15, 0.2) is 18.2 Å². The number of hydrogen-bond acceptors (Lipinski definition) is 5. The Bertz CT molecular complexity index is 326. The summed E-state index contributed by atoms with van der Waals surface area (Å²) in [6.07, 6.45) is 2.62. The molecule has 1 aromatic rings. The lowest BCUT2D eigenvalue weighted by molar-refractivity contribution is 0.515. The van der Waals surface area contributed by atoms with Crippen molar-refractivity contribution in [2.75, 3.05) is 28.8 Å². The minimum atomic E-state index is 0.698. The van der Waals surface area contributed by atoms with Crippen molar-refractivity contribution < 1.29 is 0 Å². The molecular formula is C11H18N4S. The van der Waals surface area contributed by atoms with Gasteiger partial charge in [-0.15, -0.1) is 0 Å². The lowest BCUT2D eigenvalue weighted by Gasteiger charge is -2.21. The smallest absolute Gasteiger partial charge is 0.142 e. The van der Waals surface area contributed by atoms with E-state index in [-0.39, 0.29) is 0 Å². The van der Waals surface area contributed by atoms with Crippen molar-refractivity contribution >= 4 is 23.4 Å². The van der Waals surface area contributed by atoms with Crippen LogP contribution in [0.5, 0.6) is 0 Å². The molecule has 4 N–H and O–H groups in total. The molecule has 0 amide bonds.